The maximum Gasteiger partial charge on any atom is 0.387 e. The average Bonchev–Trinajstić information content (AvgIpc) is 3.08. The van der Waals surface area contributed by atoms with Crippen LogP contribution in [-0.4, -0.2) is 38.7 Å². The molecular weight excluding hydrogens is 416 g/mol. The van der Waals surface area contributed by atoms with Crippen molar-refractivity contribution in [3.05, 3.63) is 53.2 Å². The molecule has 0 aromatic heterocycles. The number of alkyl halides is 2. The van der Waals surface area contributed by atoms with Gasteiger partial charge in [0.25, 0.3) is 0 Å². The summed E-state index contributed by atoms with van der Waals surface area (Å²) in [7, 11) is 2.70. The van der Waals surface area contributed by atoms with E-state index in [-0.39, 0.29) is 28.8 Å². The lowest BCUT2D eigenvalue weighted by atomic mass is 10.1. The molecule has 0 bridgehead atoms. The minimum Gasteiger partial charge on any atom is -0.493 e. The molecule has 0 fully saturated rings. The van der Waals surface area contributed by atoms with Crippen LogP contribution in [-0.2, 0) is 14.3 Å². The van der Waals surface area contributed by atoms with Crippen molar-refractivity contribution < 1.29 is 42.1 Å². The number of aliphatic imine (C=N–C) groups is 1. The molecule has 1 aliphatic rings. The maximum atomic E-state index is 12.5. The second-order valence-corrected chi connectivity index (χ2v) is 6.08. The number of carbonyl (C=O) groups excluding carboxylic acids is 2. The minimum absolute atomic E-state index is 0.00385. The number of rotatable bonds is 7. The number of methoxy groups -OCH3 is 2. The lowest BCUT2D eigenvalue weighted by molar-refractivity contribution is -0.132. The molecule has 31 heavy (non-hydrogen) atoms. The molecule has 0 saturated carbocycles. The Balaban J connectivity index is 1.90. The predicted octanol–water partition coefficient (Wildman–Crippen LogP) is 3.58. The third kappa shape index (κ3) is 5.16. The normalized spacial score (nSPS) is 14.3. The SMILES string of the molecule is COc1cc(/C=C2\N=C(c3ccc(OC(F)F)c(OC)c3)OC2=O)ccc1OC(C)=O. The summed E-state index contributed by atoms with van der Waals surface area (Å²) in [5.74, 6) is -0.848. The van der Waals surface area contributed by atoms with E-state index in [1.165, 1.54) is 51.5 Å². The van der Waals surface area contributed by atoms with Gasteiger partial charge in [-0.3, -0.25) is 4.79 Å². The molecule has 8 nitrogen and oxygen atoms in total. The molecule has 10 heteroatoms. The highest BCUT2D eigenvalue weighted by atomic mass is 19.3. The van der Waals surface area contributed by atoms with Gasteiger partial charge in [0.2, 0.25) is 5.90 Å². The molecule has 1 heterocycles. The number of cyclic esters (lactones) is 1. The fourth-order valence-electron chi connectivity index (χ4n) is 2.70. The molecule has 0 spiro atoms. The zero-order valence-electron chi connectivity index (χ0n) is 16.7. The third-order valence-corrected chi connectivity index (χ3v) is 3.99. The molecule has 1 aliphatic heterocycles. The van der Waals surface area contributed by atoms with E-state index in [0.717, 1.165) is 0 Å². The Kier molecular flexibility index (Phi) is 6.49. The Hall–Kier alpha value is -3.95. The number of esters is 2. The summed E-state index contributed by atoms with van der Waals surface area (Å²) in [6.45, 7) is -1.75. The molecule has 0 radical (unpaired) electrons. The van der Waals surface area contributed by atoms with Crippen LogP contribution in [0.2, 0.25) is 0 Å². The van der Waals surface area contributed by atoms with Crippen LogP contribution in [0.1, 0.15) is 18.1 Å². The highest BCUT2D eigenvalue weighted by Crippen LogP contribution is 2.32. The lowest BCUT2D eigenvalue weighted by Crippen LogP contribution is -2.07. The first kappa shape index (κ1) is 21.8. The van der Waals surface area contributed by atoms with E-state index < -0.39 is 18.6 Å². The second kappa shape index (κ2) is 9.24. The number of halogens is 2. The molecule has 162 valence electrons. The summed E-state index contributed by atoms with van der Waals surface area (Å²) in [5.41, 5.74) is 0.880. The number of carbonyl (C=O) groups is 2. The van der Waals surface area contributed by atoms with Crippen LogP contribution in [0.4, 0.5) is 8.78 Å². The highest BCUT2D eigenvalue weighted by Gasteiger charge is 2.25. The average molecular weight is 433 g/mol. The topological polar surface area (TPSA) is 92.7 Å². The van der Waals surface area contributed by atoms with Crippen molar-refractivity contribution in [1.29, 1.82) is 0 Å². The predicted molar refractivity (Wildman–Crippen MR) is 105 cm³/mol. The first-order valence-electron chi connectivity index (χ1n) is 8.83. The van der Waals surface area contributed by atoms with E-state index in [1.807, 2.05) is 0 Å². The molecular formula is C21H17F2NO7. The standard InChI is InChI=1S/C21H17F2NO7/c1-11(25)29-15-6-4-12(9-17(15)27-2)8-14-20(26)31-19(24-14)13-5-7-16(30-21(22)23)18(10-13)28-3/h4-10,21H,1-3H3/b14-8-. The van der Waals surface area contributed by atoms with Gasteiger partial charge >= 0.3 is 18.6 Å². The van der Waals surface area contributed by atoms with Crippen molar-refractivity contribution >= 4 is 23.9 Å². The van der Waals surface area contributed by atoms with E-state index in [1.54, 1.807) is 12.1 Å². The zero-order chi connectivity index (χ0) is 22.5. The fourth-order valence-corrected chi connectivity index (χ4v) is 2.70. The first-order valence-corrected chi connectivity index (χ1v) is 8.83. The van der Waals surface area contributed by atoms with E-state index in [9.17, 15) is 18.4 Å². The van der Waals surface area contributed by atoms with Gasteiger partial charge in [-0.2, -0.15) is 8.78 Å². The van der Waals surface area contributed by atoms with Crippen LogP contribution >= 0.6 is 0 Å². The van der Waals surface area contributed by atoms with Gasteiger partial charge in [0, 0.05) is 12.5 Å². The number of nitrogens with zero attached hydrogens (tertiary/aromatic N) is 1. The molecule has 0 atom stereocenters. The molecule has 3 rings (SSSR count). The molecule has 0 saturated heterocycles. The molecule has 0 unspecified atom stereocenters. The van der Waals surface area contributed by atoms with Gasteiger partial charge in [-0.05, 0) is 42.0 Å². The molecule has 2 aromatic carbocycles. The largest absolute Gasteiger partial charge is 0.493 e. The van der Waals surface area contributed by atoms with Crippen LogP contribution in [0.5, 0.6) is 23.0 Å². The van der Waals surface area contributed by atoms with E-state index in [2.05, 4.69) is 9.73 Å². The van der Waals surface area contributed by atoms with Crippen molar-refractivity contribution in [1.82, 2.24) is 0 Å². The van der Waals surface area contributed by atoms with Crippen LogP contribution in [0.15, 0.2) is 47.1 Å². The van der Waals surface area contributed by atoms with Gasteiger partial charge in [-0.15, -0.1) is 0 Å². The second-order valence-electron chi connectivity index (χ2n) is 6.08. The number of benzene rings is 2. The Labute approximate surface area is 175 Å². The maximum absolute atomic E-state index is 12.5. The van der Waals surface area contributed by atoms with Gasteiger partial charge in [-0.1, -0.05) is 6.07 Å². The third-order valence-electron chi connectivity index (χ3n) is 3.99. The van der Waals surface area contributed by atoms with E-state index >= 15 is 0 Å². The highest BCUT2D eigenvalue weighted by molar-refractivity contribution is 6.13. The number of ether oxygens (including phenoxy) is 5. The van der Waals surface area contributed by atoms with Crippen LogP contribution in [0.25, 0.3) is 6.08 Å². The van der Waals surface area contributed by atoms with Gasteiger partial charge in [0.05, 0.1) is 14.2 Å². The zero-order valence-corrected chi connectivity index (χ0v) is 16.7. The van der Waals surface area contributed by atoms with Crippen molar-refractivity contribution in [3.8, 4) is 23.0 Å². The van der Waals surface area contributed by atoms with Crippen molar-refractivity contribution in [2.24, 2.45) is 4.99 Å². The summed E-state index contributed by atoms with van der Waals surface area (Å²) in [6, 6.07) is 8.72. The van der Waals surface area contributed by atoms with Crippen molar-refractivity contribution in [2.45, 2.75) is 13.5 Å². The Morgan fingerprint density at radius 1 is 1.03 bits per heavy atom. The van der Waals surface area contributed by atoms with E-state index in [4.69, 9.17) is 18.9 Å². The monoisotopic (exact) mass is 433 g/mol. The lowest BCUT2D eigenvalue weighted by Gasteiger charge is -2.10. The molecule has 2 aromatic rings. The first-order chi connectivity index (χ1) is 14.8. The minimum atomic E-state index is -3.01. The van der Waals surface area contributed by atoms with Gasteiger partial charge in [-0.25, -0.2) is 9.79 Å². The number of hydrogen-bond acceptors (Lipinski definition) is 8. The van der Waals surface area contributed by atoms with Crippen LogP contribution in [0.3, 0.4) is 0 Å². The summed E-state index contributed by atoms with van der Waals surface area (Å²) >= 11 is 0. The Bertz CT molecular complexity index is 1080. The van der Waals surface area contributed by atoms with Crippen molar-refractivity contribution in [3.63, 3.8) is 0 Å². The summed E-state index contributed by atoms with van der Waals surface area (Å²) < 4.78 is 49.8. The Morgan fingerprint density at radius 3 is 2.35 bits per heavy atom. The number of hydrogen-bond donors (Lipinski definition) is 0. The van der Waals surface area contributed by atoms with Crippen LogP contribution < -0.4 is 18.9 Å². The molecule has 0 aliphatic carbocycles. The van der Waals surface area contributed by atoms with E-state index in [0.29, 0.717) is 16.9 Å². The van der Waals surface area contributed by atoms with Gasteiger partial charge < -0.3 is 23.7 Å². The molecule has 0 amide bonds. The quantitative estimate of drug-likeness (QED) is 0.374. The van der Waals surface area contributed by atoms with Gasteiger partial charge in [0.1, 0.15) is 0 Å². The summed E-state index contributed by atoms with van der Waals surface area (Å²) in [5, 5.41) is 0. The smallest absolute Gasteiger partial charge is 0.387 e. The van der Waals surface area contributed by atoms with Crippen LogP contribution in [0, 0.1) is 0 Å². The molecule has 0 N–H and O–H groups in total. The van der Waals surface area contributed by atoms with Gasteiger partial charge in [0.15, 0.2) is 28.7 Å². The summed E-state index contributed by atoms with van der Waals surface area (Å²) in [4.78, 5) is 27.6. The van der Waals surface area contributed by atoms with Crippen molar-refractivity contribution in [2.75, 3.05) is 14.2 Å². The Morgan fingerprint density at radius 2 is 1.71 bits per heavy atom. The fraction of sp³-hybridized carbons (Fsp3) is 0.190. The summed E-state index contributed by atoms with van der Waals surface area (Å²) in [6.07, 6.45) is 1.46.